The van der Waals surface area contributed by atoms with Gasteiger partial charge < -0.3 is 19.7 Å². The summed E-state index contributed by atoms with van der Waals surface area (Å²) in [7, 11) is 0. The normalized spacial score (nSPS) is 16.1. The molecule has 1 aliphatic heterocycles. The van der Waals surface area contributed by atoms with Crippen molar-refractivity contribution >= 4 is 22.6 Å². The number of hydrogen-bond donors (Lipinski definition) is 2. The quantitative estimate of drug-likeness (QED) is 0.841. The van der Waals surface area contributed by atoms with Crippen LogP contribution in [0.15, 0.2) is 28.7 Å². The highest BCUT2D eigenvalue weighted by Gasteiger charge is 2.25. The summed E-state index contributed by atoms with van der Waals surface area (Å²) in [5, 5.41) is 13.4. The molecule has 0 unspecified atom stereocenters. The van der Waals surface area contributed by atoms with E-state index in [1.165, 1.54) is 0 Å². The van der Waals surface area contributed by atoms with E-state index in [0.717, 1.165) is 31.6 Å². The maximum Gasteiger partial charge on any atom is 0.374 e. The molecule has 2 N–H and O–H groups in total. The van der Waals surface area contributed by atoms with Crippen LogP contribution in [0.25, 0.3) is 11.0 Å². The van der Waals surface area contributed by atoms with Gasteiger partial charge in [-0.3, -0.25) is 0 Å². The van der Waals surface area contributed by atoms with Crippen molar-refractivity contribution in [3.8, 4) is 0 Å². The van der Waals surface area contributed by atoms with Crippen LogP contribution in [0.1, 0.15) is 10.6 Å². The molecule has 1 saturated heterocycles. The molecular weight excluding hydrogens is 232 g/mol. The Labute approximate surface area is 104 Å². The first-order valence-electron chi connectivity index (χ1n) is 5.98. The maximum atomic E-state index is 11.3. The van der Waals surface area contributed by atoms with E-state index < -0.39 is 5.97 Å². The van der Waals surface area contributed by atoms with Crippen LogP contribution >= 0.6 is 0 Å². The number of benzene rings is 1. The molecule has 18 heavy (non-hydrogen) atoms. The molecule has 1 fully saturated rings. The minimum atomic E-state index is -1.01. The second-order valence-corrected chi connectivity index (χ2v) is 4.32. The number of fused-ring (bicyclic) bond motifs is 1. The smallest absolute Gasteiger partial charge is 0.374 e. The fourth-order valence-electron chi connectivity index (χ4n) is 2.38. The number of carboxylic acid groups (broad SMARTS) is 1. The first-order valence-corrected chi connectivity index (χ1v) is 5.98. The monoisotopic (exact) mass is 246 g/mol. The van der Waals surface area contributed by atoms with Gasteiger partial charge in [0.1, 0.15) is 5.58 Å². The molecule has 1 aromatic heterocycles. The van der Waals surface area contributed by atoms with Crippen LogP contribution in [0.3, 0.4) is 0 Å². The largest absolute Gasteiger partial charge is 0.475 e. The van der Waals surface area contributed by atoms with Crippen LogP contribution in [0, 0.1) is 0 Å². The Bertz CT molecular complexity index is 585. The molecule has 1 aromatic carbocycles. The van der Waals surface area contributed by atoms with Gasteiger partial charge in [0.25, 0.3) is 0 Å². The predicted octanol–water partition coefficient (Wildman–Crippen LogP) is 1.54. The topological polar surface area (TPSA) is 65.7 Å². The molecule has 2 heterocycles. The summed E-state index contributed by atoms with van der Waals surface area (Å²) in [5.41, 5.74) is 1.34. The molecule has 0 bridgehead atoms. The minimum Gasteiger partial charge on any atom is -0.475 e. The zero-order valence-electron chi connectivity index (χ0n) is 9.85. The van der Waals surface area contributed by atoms with E-state index in [9.17, 15) is 9.90 Å². The molecule has 0 amide bonds. The molecule has 0 aliphatic carbocycles. The Hall–Kier alpha value is -2.01. The number of hydrogen-bond acceptors (Lipinski definition) is 4. The highest BCUT2D eigenvalue weighted by atomic mass is 16.4. The number of furan rings is 1. The molecule has 5 nitrogen and oxygen atoms in total. The molecule has 5 heteroatoms. The van der Waals surface area contributed by atoms with Gasteiger partial charge in [0, 0.05) is 31.6 Å². The third-order valence-corrected chi connectivity index (χ3v) is 3.20. The number of piperazine rings is 1. The highest BCUT2D eigenvalue weighted by molar-refractivity contribution is 6.03. The second-order valence-electron chi connectivity index (χ2n) is 4.32. The van der Waals surface area contributed by atoms with Crippen molar-refractivity contribution < 1.29 is 14.3 Å². The van der Waals surface area contributed by atoms with E-state index in [1.807, 2.05) is 18.2 Å². The maximum absolute atomic E-state index is 11.3. The van der Waals surface area contributed by atoms with E-state index in [0.29, 0.717) is 11.3 Å². The van der Waals surface area contributed by atoms with E-state index >= 15 is 0 Å². The van der Waals surface area contributed by atoms with Gasteiger partial charge in [-0.1, -0.05) is 12.1 Å². The van der Waals surface area contributed by atoms with Gasteiger partial charge in [-0.2, -0.15) is 0 Å². The van der Waals surface area contributed by atoms with E-state index in [2.05, 4.69) is 10.2 Å². The number of nitrogens with one attached hydrogen (secondary N) is 1. The average Bonchev–Trinajstić information content (AvgIpc) is 2.79. The highest BCUT2D eigenvalue weighted by Crippen LogP contribution is 2.34. The van der Waals surface area contributed by atoms with Crippen molar-refractivity contribution in [2.75, 3.05) is 31.1 Å². The van der Waals surface area contributed by atoms with Gasteiger partial charge in [0.15, 0.2) is 0 Å². The van der Waals surface area contributed by atoms with Crippen LogP contribution in [0.4, 0.5) is 5.69 Å². The predicted molar refractivity (Wildman–Crippen MR) is 68.3 cm³/mol. The Balaban J connectivity index is 2.17. The van der Waals surface area contributed by atoms with Gasteiger partial charge in [-0.05, 0) is 12.1 Å². The van der Waals surface area contributed by atoms with Crippen molar-refractivity contribution in [2.24, 2.45) is 0 Å². The average molecular weight is 246 g/mol. The van der Waals surface area contributed by atoms with Gasteiger partial charge in [-0.25, -0.2) is 4.79 Å². The fraction of sp³-hybridized carbons (Fsp3) is 0.308. The zero-order chi connectivity index (χ0) is 12.5. The van der Waals surface area contributed by atoms with Crippen molar-refractivity contribution in [1.82, 2.24) is 5.32 Å². The van der Waals surface area contributed by atoms with Crippen LogP contribution in [0.5, 0.6) is 0 Å². The Morgan fingerprint density at radius 1 is 1.28 bits per heavy atom. The Morgan fingerprint density at radius 3 is 2.72 bits per heavy atom. The van der Waals surface area contributed by atoms with Crippen LogP contribution < -0.4 is 10.2 Å². The molecule has 2 aromatic rings. The minimum absolute atomic E-state index is 0.0399. The molecule has 0 atom stereocenters. The standard InChI is InChI=1S/C13H14N2O3/c16-13(17)12-11(15-7-5-14-6-8-15)9-3-1-2-4-10(9)18-12/h1-4,14H,5-8H2,(H,16,17). The third kappa shape index (κ3) is 1.73. The number of carbonyl (C=O) groups is 1. The second kappa shape index (κ2) is 4.34. The SMILES string of the molecule is O=C(O)c1oc2ccccc2c1N1CCNCC1. The number of carboxylic acids is 1. The molecule has 0 spiro atoms. The summed E-state index contributed by atoms with van der Waals surface area (Å²) in [6.07, 6.45) is 0. The van der Waals surface area contributed by atoms with Crippen molar-refractivity contribution in [1.29, 1.82) is 0 Å². The number of anilines is 1. The molecule has 94 valence electrons. The first kappa shape index (κ1) is 11.1. The summed E-state index contributed by atoms with van der Waals surface area (Å²) in [6.45, 7) is 3.31. The van der Waals surface area contributed by atoms with E-state index in [-0.39, 0.29) is 5.76 Å². The lowest BCUT2D eigenvalue weighted by Gasteiger charge is -2.28. The van der Waals surface area contributed by atoms with Crippen LogP contribution in [-0.4, -0.2) is 37.3 Å². The number of nitrogens with zero attached hydrogens (tertiary/aromatic N) is 1. The van der Waals surface area contributed by atoms with Crippen molar-refractivity contribution in [3.63, 3.8) is 0 Å². The van der Waals surface area contributed by atoms with Crippen LogP contribution in [-0.2, 0) is 0 Å². The van der Waals surface area contributed by atoms with Gasteiger partial charge >= 0.3 is 5.97 Å². The summed E-state index contributed by atoms with van der Waals surface area (Å²) < 4.78 is 5.45. The fourth-order valence-corrected chi connectivity index (χ4v) is 2.38. The van der Waals surface area contributed by atoms with Gasteiger partial charge in [-0.15, -0.1) is 0 Å². The zero-order valence-corrected chi connectivity index (χ0v) is 9.85. The van der Waals surface area contributed by atoms with Gasteiger partial charge in [0.2, 0.25) is 5.76 Å². The Kier molecular flexibility index (Phi) is 2.68. The van der Waals surface area contributed by atoms with E-state index in [4.69, 9.17) is 4.42 Å². The number of para-hydroxylation sites is 1. The molecular formula is C13H14N2O3. The van der Waals surface area contributed by atoms with Crippen LogP contribution in [0.2, 0.25) is 0 Å². The summed E-state index contributed by atoms with van der Waals surface area (Å²) in [4.78, 5) is 13.4. The lowest BCUT2D eigenvalue weighted by molar-refractivity contribution is 0.0666. The molecule has 0 radical (unpaired) electrons. The number of aromatic carboxylic acids is 1. The first-order chi connectivity index (χ1) is 8.77. The number of rotatable bonds is 2. The summed E-state index contributed by atoms with van der Waals surface area (Å²) in [6, 6.07) is 7.45. The Morgan fingerprint density at radius 2 is 2.00 bits per heavy atom. The molecule has 3 rings (SSSR count). The summed E-state index contributed by atoms with van der Waals surface area (Å²) >= 11 is 0. The molecule has 0 saturated carbocycles. The summed E-state index contributed by atoms with van der Waals surface area (Å²) in [5.74, 6) is -0.974. The third-order valence-electron chi connectivity index (χ3n) is 3.20. The van der Waals surface area contributed by atoms with Crippen molar-refractivity contribution in [2.45, 2.75) is 0 Å². The lowest BCUT2D eigenvalue weighted by atomic mass is 10.2. The molecule has 1 aliphatic rings. The van der Waals surface area contributed by atoms with Crippen molar-refractivity contribution in [3.05, 3.63) is 30.0 Å². The lowest BCUT2D eigenvalue weighted by Crippen LogP contribution is -2.43. The van der Waals surface area contributed by atoms with Gasteiger partial charge in [0.05, 0.1) is 5.69 Å². The van der Waals surface area contributed by atoms with E-state index in [1.54, 1.807) is 6.07 Å².